The van der Waals surface area contributed by atoms with Gasteiger partial charge in [0.05, 0.1) is 5.56 Å². The number of nitriles is 1. The van der Waals surface area contributed by atoms with E-state index in [0.29, 0.717) is 0 Å². The summed E-state index contributed by atoms with van der Waals surface area (Å²) in [7, 11) is 1.45. The number of halogens is 3. The second-order valence-corrected chi connectivity index (χ2v) is 4.42. The van der Waals surface area contributed by atoms with E-state index in [2.05, 4.69) is 10.1 Å². The average Bonchev–Trinajstić information content (AvgIpc) is 2.81. The van der Waals surface area contributed by atoms with Crippen LogP contribution in [0.5, 0.6) is 0 Å². The Bertz CT molecular complexity index is 706. The Kier molecular flexibility index (Phi) is 3.40. The Morgan fingerprint density at radius 1 is 1.37 bits per heavy atom. The number of benzene rings is 1. The summed E-state index contributed by atoms with van der Waals surface area (Å²) < 4.78 is 39.6. The topological polar surface area (TPSA) is 54.0 Å². The lowest BCUT2D eigenvalue weighted by Crippen LogP contribution is -2.11. The van der Waals surface area contributed by atoms with Gasteiger partial charge in [0, 0.05) is 12.6 Å². The van der Waals surface area contributed by atoms with Gasteiger partial charge in [-0.3, -0.25) is 4.99 Å². The van der Waals surface area contributed by atoms with E-state index in [4.69, 9.17) is 5.26 Å². The van der Waals surface area contributed by atoms with E-state index in [1.54, 1.807) is 6.19 Å². The fraction of sp³-hybridized carbons (Fsp3) is 0.182. The molecule has 0 unspecified atom stereocenters. The Hall–Kier alpha value is -2.14. The molecule has 2 aromatic rings. The minimum absolute atomic E-state index is 0.0566. The van der Waals surface area contributed by atoms with Crippen LogP contribution in [-0.4, -0.2) is 16.8 Å². The molecule has 0 spiro atoms. The fourth-order valence-corrected chi connectivity index (χ4v) is 2.36. The van der Waals surface area contributed by atoms with Crippen molar-refractivity contribution in [2.45, 2.75) is 6.18 Å². The maximum absolute atomic E-state index is 12.9. The molecule has 0 radical (unpaired) electrons. The van der Waals surface area contributed by atoms with Crippen molar-refractivity contribution in [2.24, 2.45) is 4.99 Å². The zero-order valence-electron chi connectivity index (χ0n) is 9.64. The smallest absolute Gasteiger partial charge is 0.260 e. The van der Waals surface area contributed by atoms with Gasteiger partial charge in [0.25, 0.3) is 0 Å². The molecular formula is C11H7F3N4S. The molecule has 0 aliphatic heterocycles. The molecule has 1 aromatic carbocycles. The predicted molar refractivity (Wildman–Crippen MR) is 63.0 cm³/mol. The first kappa shape index (κ1) is 13.3. The third-order valence-electron chi connectivity index (χ3n) is 2.31. The standard InChI is InChI=1S/C11H7F3N4S/c1-16-10-18(6-15)17-9(19-10)7-4-2-3-5-8(7)11(12,13)14/h2-5H,1H3. The fourth-order valence-electron chi connectivity index (χ4n) is 1.51. The highest BCUT2D eigenvalue weighted by Gasteiger charge is 2.34. The van der Waals surface area contributed by atoms with Crippen LogP contribution in [-0.2, 0) is 6.18 Å². The van der Waals surface area contributed by atoms with Crippen LogP contribution in [0.25, 0.3) is 10.6 Å². The van der Waals surface area contributed by atoms with E-state index in [-0.39, 0.29) is 15.4 Å². The summed E-state index contributed by atoms with van der Waals surface area (Å²) in [6, 6.07) is 5.11. The monoisotopic (exact) mass is 284 g/mol. The summed E-state index contributed by atoms with van der Waals surface area (Å²) in [5, 5.41) is 12.7. The van der Waals surface area contributed by atoms with Gasteiger partial charge in [-0.2, -0.15) is 18.4 Å². The minimum Gasteiger partial charge on any atom is -0.260 e. The van der Waals surface area contributed by atoms with Gasteiger partial charge in [-0.05, 0) is 6.07 Å². The molecule has 0 saturated carbocycles. The van der Waals surface area contributed by atoms with Gasteiger partial charge >= 0.3 is 6.18 Å². The summed E-state index contributed by atoms with van der Waals surface area (Å²) >= 11 is 0.930. The molecule has 0 aliphatic carbocycles. The molecule has 0 atom stereocenters. The molecule has 0 amide bonds. The molecule has 1 heterocycles. The summed E-state index contributed by atoms with van der Waals surface area (Å²) in [4.78, 5) is 4.04. The first-order valence-corrected chi connectivity index (χ1v) is 5.88. The zero-order valence-corrected chi connectivity index (χ0v) is 10.5. The Balaban J connectivity index is 2.68. The Morgan fingerprint density at radius 2 is 2.05 bits per heavy atom. The third kappa shape index (κ3) is 2.51. The minimum atomic E-state index is -4.47. The average molecular weight is 284 g/mol. The second kappa shape index (κ2) is 4.85. The summed E-state index contributed by atoms with van der Waals surface area (Å²) in [5.41, 5.74) is -0.838. The van der Waals surface area contributed by atoms with Crippen LogP contribution < -0.4 is 4.80 Å². The van der Waals surface area contributed by atoms with Gasteiger partial charge in [-0.15, -0.1) is 9.78 Å². The van der Waals surface area contributed by atoms with Gasteiger partial charge < -0.3 is 0 Å². The van der Waals surface area contributed by atoms with Crippen LogP contribution in [0.15, 0.2) is 29.3 Å². The molecule has 19 heavy (non-hydrogen) atoms. The van der Waals surface area contributed by atoms with Gasteiger partial charge in [0.2, 0.25) is 11.0 Å². The first-order chi connectivity index (χ1) is 8.97. The molecule has 8 heteroatoms. The van der Waals surface area contributed by atoms with Gasteiger partial charge in [0.15, 0.2) is 0 Å². The van der Waals surface area contributed by atoms with E-state index < -0.39 is 11.7 Å². The van der Waals surface area contributed by atoms with Crippen molar-refractivity contribution in [3.8, 4) is 16.8 Å². The number of aromatic nitrogens is 2. The molecule has 98 valence electrons. The van der Waals surface area contributed by atoms with Crippen molar-refractivity contribution in [2.75, 3.05) is 7.05 Å². The number of alkyl halides is 3. The van der Waals surface area contributed by atoms with E-state index in [0.717, 1.165) is 22.1 Å². The highest BCUT2D eigenvalue weighted by Crippen LogP contribution is 2.36. The van der Waals surface area contributed by atoms with Crippen molar-refractivity contribution < 1.29 is 13.2 Å². The molecule has 0 fully saturated rings. The normalized spacial score (nSPS) is 12.5. The molecule has 0 N–H and O–H groups in total. The lowest BCUT2D eigenvalue weighted by atomic mass is 10.1. The maximum atomic E-state index is 12.9. The SMILES string of the molecule is CN=c1sc(-c2ccccc2C(F)(F)F)nn1C#N. The van der Waals surface area contributed by atoms with Crippen molar-refractivity contribution in [3.05, 3.63) is 34.6 Å². The quantitative estimate of drug-likeness (QED) is 0.808. The van der Waals surface area contributed by atoms with E-state index >= 15 is 0 Å². The lowest BCUT2D eigenvalue weighted by Gasteiger charge is -2.09. The maximum Gasteiger partial charge on any atom is 0.417 e. The number of rotatable bonds is 1. The van der Waals surface area contributed by atoms with Crippen molar-refractivity contribution >= 4 is 11.3 Å². The van der Waals surface area contributed by atoms with Crippen molar-refractivity contribution in [1.29, 1.82) is 5.26 Å². The molecule has 0 aliphatic rings. The summed E-state index contributed by atoms with van der Waals surface area (Å²) in [6.45, 7) is 0. The largest absolute Gasteiger partial charge is 0.417 e. The Morgan fingerprint density at radius 3 is 2.58 bits per heavy atom. The van der Waals surface area contributed by atoms with Crippen LogP contribution in [0, 0.1) is 11.5 Å². The van der Waals surface area contributed by atoms with E-state index in [1.165, 1.54) is 25.2 Å². The molecule has 4 nitrogen and oxygen atoms in total. The highest BCUT2D eigenvalue weighted by atomic mass is 32.1. The third-order valence-corrected chi connectivity index (χ3v) is 3.34. The molecule has 0 saturated heterocycles. The van der Waals surface area contributed by atoms with Crippen LogP contribution in [0.3, 0.4) is 0 Å². The zero-order chi connectivity index (χ0) is 14.0. The van der Waals surface area contributed by atoms with Crippen molar-refractivity contribution in [3.63, 3.8) is 0 Å². The van der Waals surface area contributed by atoms with Crippen LogP contribution in [0.4, 0.5) is 13.2 Å². The number of hydrogen-bond donors (Lipinski definition) is 0. The molecule has 2 rings (SSSR count). The summed E-state index contributed by atoms with van der Waals surface area (Å²) in [5.74, 6) is 0. The van der Waals surface area contributed by atoms with Crippen molar-refractivity contribution in [1.82, 2.24) is 9.78 Å². The summed E-state index contributed by atoms with van der Waals surface area (Å²) in [6.07, 6.45) is -2.73. The van der Waals surface area contributed by atoms with Gasteiger partial charge in [0.1, 0.15) is 5.01 Å². The van der Waals surface area contributed by atoms with E-state index in [1.807, 2.05) is 0 Å². The van der Waals surface area contributed by atoms with Gasteiger partial charge in [-0.1, -0.05) is 29.5 Å². The van der Waals surface area contributed by atoms with E-state index in [9.17, 15) is 13.2 Å². The lowest BCUT2D eigenvalue weighted by molar-refractivity contribution is -0.137. The second-order valence-electron chi connectivity index (χ2n) is 3.47. The predicted octanol–water partition coefficient (Wildman–Crippen LogP) is 2.49. The molecular weight excluding hydrogens is 277 g/mol. The number of nitrogens with zero attached hydrogens (tertiary/aromatic N) is 4. The van der Waals surface area contributed by atoms with Gasteiger partial charge in [-0.25, -0.2) is 0 Å². The highest BCUT2D eigenvalue weighted by molar-refractivity contribution is 7.12. The molecule has 1 aromatic heterocycles. The van der Waals surface area contributed by atoms with Crippen LogP contribution in [0.2, 0.25) is 0 Å². The molecule has 0 bridgehead atoms. The first-order valence-electron chi connectivity index (χ1n) is 5.07. The Labute approximate surface area is 110 Å². The van der Waals surface area contributed by atoms with Crippen LogP contribution in [0.1, 0.15) is 5.56 Å². The number of hydrogen-bond acceptors (Lipinski definition) is 4. The van der Waals surface area contributed by atoms with Crippen LogP contribution >= 0.6 is 11.3 Å².